The van der Waals surface area contributed by atoms with Crippen LogP contribution >= 0.6 is 0 Å². The molecule has 2 unspecified atom stereocenters. The number of esters is 1. The third kappa shape index (κ3) is 9.33. The van der Waals surface area contributed by atoms with Crippen LogP contribution in [-0.4, -0.2) is 125 Å². The summed E-state index contributed by atoms with van der Waals surface area (Å²) in [6.45, 7) is 16.3. The van der Waals surface area contributed by atoms with Crippen LogP contribution in [0.2, 0.25) is 0 Å². The highest BCUT2D eigenvalue weighted by Crippen LogP contribution is 2.41. The van der Waals surface area contributed by atoms with Crippen LogP contribution in [0.15, 0.2) is 5.11 Å². The molecule has 51 heavy (non-hydrogen) atoms. The molecule has 0 bridgehead atoms. The van der Waals surface area contributed by atoms with Crippen molar-refractivity contribution in [2.45, 2.75) is 154 Å². The monoisotopic (exact) mass is 724 g/mol. The number of carbonyl (C=O) groups is 4. The maximum Gasteiger partial charge on any atom is 0.410 e. The summed E-state index contributed by atoms with van der Waals surface area (Å²) in [5.74, 6) is -3.94. The minimum Gasteiger partial charge on any atom is -0.458 e. The van der Waals surface area contributed by atoms with Gasteiger partial charge in [0, 0.05) is 50.5 Å². The molecule has 3 rings (SSSR count). The van der Waals surface area contributed by atoms with Crippen LogP contribution in [-0.2, 0) is 38.1 Å². The highest BCUT2D eigenvalue weighted by atomic mass is 16.7. The first-order valence-electron chi connectivity index (χ1n) is 18.2. The molecule has 16 nitrogen and oxygen atoms in total. The first-order valence-corrected chi connectivity index (χ1v) is 18.2. The number of fused-ring (bicyclic) bond motifs is 1. The van der Waals surface area contributed by atoms with Gasteiger partial charge in [-0.25, -0.2) is 4.79 Å². The normalized spacial score (nSPS) is 40.0. The lowest BCUT2D eigenvalue weighted by Crippen LogP contribution is -2.62. The van der Waals surface area contributed by atoms with Gasteiger partial charge in [-0.05, 0) is 78.2 Å². The Morgan fingerprint density at radius 1 is 1.16 bits per heavy atom. The van der Waals surface area contributed by atoms with Crippen LogP contribution in [0.5, 0.6) is 0 Å². The number of ketones is 1. The lowest BCUT2D eigenvalue weighted by Gasteiger charge is -2.46. The van der Waals surface area contributed by atoms with E-state index in [0.29, 0.717) is 25.7 Å². The number of ether oxygens (including phenoxy) is 5. The zero-order valence-electron chi connectivity index (χ0n) is 31.9. The minimum absolute atomic E-state index is 0.237. The van der Waals surface area contributed by atoms with Crippen LogP contribution in [0.25, 0.3) is 10.4 Å². The molecule has 3 aliphatic rings. The number of methoxy groups -OCH3 is 1. The fraction of sp³-hybridized carbons (Fsp3) is 0.886. The molecule has 3 N–H and O–H groups in total. The van der Waals surface area contributed by atoms with E-state index in [4.69, 9.17) is 34.9 Å². The van der Waals surface area contributed by atoms with Crippen molar-refractivity contribution in [2.24, 2.45) is 28.6 Å². The average molecular weight is 725 g/mol. The summed E-state index contributed by atoms with van der Waals surface area (Å²) in [5.41, 5.74) is 12.3. The Balaban J connectivity index is 2.13. The van der Waals surface area contributed by atoms with Crippen molar-refractivity contribution < 1.29 is 48.0 Å². The number of unbranched alkanes of at least 4 members (excludes halogenated alkanes) is 1. The van der Waals surface area contributed by atoms with Gasteiger partial charge in [-0.2, -0.15) is 0 Å². The molecule has 0 aliphatic carbocycles. The fourth-order valence-corrected chi connectivity index (χ4v) is 8.27. The number of rotatable bonds is 9. The second-order valence-electron chi connectivity index (χ2n) is 15.1. The van der Waals surface area contributed by atoms with Crippen molar-refractivity contribution in [3.8, 4) is 0 Å². The number of aliphatic hydroxyl groups excluding tert-OH is 1. The molecule has 0 radical (unpaired) electrons. The Labute approximate surface area is 301 Å². The van der Waals surface area contributed by atoms with Gasteiger partial charge in [0.25, 0.3) is 0 Å². The van der Waals surface area contributed by atoms with E-state index in [-0.39, 0.29) is 44.0 Å². The van der Waals surface area contributed by atoms with E-state index >= 15 is 0 Å². The number of carbonyl (C=O) groups excluding carboxylic acids is 4. The molecule has 3 fully saturated rings. The molecule has 3 aliphatic heterocycles. The van der Waals surface area contributed by atoms with Crippen LogP contribution in [0.3, 0.4) is 0 Å². The number of hydrogen-bond donors (Lipinski definition) is 2. The van der Waals surface area contributed by atoms with Gasteiger partial charge in [-0.1, -0.05) is 25.9 Å². The van der Waals surface area contributed by atoms with Gasteiger partial charge >= 0.3 is 12.1 Å². The Morgan fingerprint density at radius 3 is 2.41 bits per heavy atom. The van der Waals surface area contributed by atoms with Crippen LogP contribution in [0.4, 0.5) is 4.79 Å². The number of aliphatic hydroxyl groups is 1. The van der Waals surface area contributed by atoms with Gasteiger partial charge in [0.2, 0.25) is 5.91 Å². The van der Waals surface area contributed by atoms with Crippen molar-refractivity contribution in [2.75, 3.05) is 26.7 Å². The third-order valence-electron chi connectivity index (χ3n) is 11.0. The largest absolute Gasteiger partial charge is 0.458 e. The molecule has 0 aromatic carbocycles. The van der Waals surface area contributed by atoms with Gasteiger partial charge < -0.3 is 39.4 Å². The van der Waals surface area contributed by atoms with Crippen LogP contribution in [0, 0.1) is 17.8 Å². The summed E-state index contributed by atoms with van der Waals surface area (Å²) < 4.78 is 30.7. The number of nitrogens with two attached hydrogens (primary N) is 1. The second-order valence-corrected chi connectivity index (χ2v) is 15.1. The Hall–Kier alpha value is -3.01. The molecule has 2 amide bonds. The van der Waals surface area contributed by atoms with Gasteiger partial charge in [0.15, 0.2) is 17.7 Å². The molecular formula is C35H60N6O10. The van der Waals surface area contributed by atoms with Crippen molar-refractivity contribution >= 4 is 23.8 Å². The summed E-state index contributed by atoms with van der Waals surface area (Å²) in [6, 6.07) is -1.97. The van der Waals surface area contributed by atoms with Crippen molar-refractivity contribution in [3.05, 3.63) is 10.4 Å². The quantitative estimate of drug-likeness (QED) is 0.0873. The fourth-order valence-electron chi connectivity index (χ4n) is 8.27. The highest BCUT2D eigenvalue weighted by molar-refractivity contribution is 6.00. The number of hydrogen-bond acceptors (Lipinski definition) is 12. The predicted molar refractivity (Wildman–Crippen MR) is 186 cm³/mol. The molecule has 16 heteroatoms. The van der Waals surface area contributed by atoms with E-state index in [2.05, 4.69) is 10.0 Å². The van der Waals surface area contributed by atoms with Crippen LogP contribution < -0.4 is 5.73 Å². The SMILES string of the molecule is CC[C@H]1OC(=O)[C@H](C)C(=O)[C@H](C)[C@@H](O[C@@H]2O[C@H](C)CC(N)C2O)[C@](C)(OC)C[C@@H](C)CN(C(C)=O)[C@H](C)[C@H]2N(CCCCN=[N+]=[N-])C(=O)O[C@]12C. The number of Topliss-reactive ketones (excluding diaryl/α,β-unsaturated/α-hetero) is 1. The molecule has 0 saturated carbocycles. The Kier molecular flexibility index (Phi) is 14.7. The standard InChI is InChI=1S/C35H60N6O10/c1-11-26-35(9)29(40(33(46)51-35)15-13-12-14-38-39-37)23(6)41(24(7)42)18-19(2)17-34(8,47-10)30(21(4)27(43)22(5)31(45)49-26)50-32-28(44)25(36)16-20(3)48-32/h19-23,25-26,28-30,32,44H,11-18,36H2,1-10H3/t19-,20-,21+,22-,23-,25?,26-,28?,29-,30-,32+,34-,35-/m1/s1. The van der Waals surface area contributed by atoms with Gasteiger partial charge in [-0.15, -0.1) is 0 Å². The average Bonchev–Trinajstić information content (AvgIpc) is 3.33. The molecule has 0 aromatic rings. The molecule has 3 heterocycles. The first-order chi connectivity index (χ1) is 23.9. The van der Waals surface area contributed by atoms with Gasteiger partial charge in [0.05, 0.1) is 29.9 Å². The van der Waals surface area contributed by atoms with E-state index in [0.717, 1.165) is 0 Å². The van der Waals surface area contributed by atoms with E-state index in [1.807, 2.05) is 20.8 Å². The number of cyclic esters (lactones) is 1. The predicted octanol–water partition coefficient (Wildman–Crippen LogP) is 3.71. The maximum absolute atomic E-state index is 14.2. The smallest absolute Gasteiger partial charge is 0.410 e. The van der Waals surface area contributed by atoms with E-state index in [9.17, 15) is 24.3 Å². The first kappa shape index (κ1) is 42.4. The summed E-state index contributed by atoms with van der Waals surface area (Å²) in [6.07, 6.45) is -3.27. The summed E-state index contributed by atoms with van der Waals surface area (Å²) in [7, 11) is 1.50. The highest BCUT2D eigenvalue weighted by Gasteiger charge is 2.60. The molecular weight excluding hydrogens is 664 g/mol. The molecule has 290 valence electrons. The Morgan fingerprint density at radius 2 is 1.82 bits per heavy atom. The van der Waals surface area contributed by atoms with E-state index in [1.165, 1.54) is 21.0 Å². The topological polar surface area (TPSA) is 216 Å². The second kappa shape index (κ2) is 17.7. The minimum atomic E-state index is -1.40. The zero-order chi connectivity index (χ0) is 38.4. The lowest BCUT2D eigenvalue weighted by atomic mass is 9.78. The maximum atomic E-state index is 14.2. The van der Waals surface area contributed by atoms with Crippen LogP contribution in [0.1, 0.15) is 94.4 Å². The number of nitrogens with zero attached hydrogens (tertiary/aromatic N) is 5. The molecule has 0 aromatic heterocycles. The Bertz CT molecular complexity index is 1300. The zero-order valence-corrected chi connectivity index (χ0v) is 31.9. The van der Waals surface area contributed by atoms with Crippen molar-refractivity contribution in [1.82, 2.24) is 9.80 Å². The molecule has 3 saturated heterocycles. The lowest BCUT2D eigenvalue weighted by molar-refractivity contribution is -0.288. The van der Waals surface area contributed by atoms with E-state index in [1.54, 1.807) is 37.5 Å². The van der Waals surface area contributed by atoms with Gasteiger partial charge in [-0.3, -0.25) is 19.3 Å². The van der Waals surface area contributed by atoms with E-state index < -0.39 is 83.6 Å². The molecule has 0 spiro atoms. The third-order valence-corrected chi connectivity index (χ3v) is 11.0. The summed E-state index contributed by atoms with van der Waals surface area (Å²) in [4.78, 5) is 61.1. The van der Waals surface area contributed by atoms with Gasteiger partial charge in [0.1, 0.15) is 18.1 Å². The molecule has 13 atom stereocenters. The number of amides is 2. The summed E-state index contributed by atoms with van der Waals surface area (Å²) in [5, 5.41) is 14.6. The number of azide groups is 1. The van der Waals surface area contributed by atoms with Crippen molar-refractivity contribution in [1.29, 1.82) is 0 Å². The van der Waals surface area contributed by atoms with Crippen molar-refractivity contribution in [3.63, 3.8) is 0 Å². The summed E-state index contributed by atoms with van der Waals surface area (Å²) >= 11 is 0.